The third-order valence-electron chi connectivity index (χ3n) is 5.19. The highest BCUT2D eigenvalue weighted by atomic mass is 16.6. The molecular weight excluding hydrogens is 346 g/mol. The van der Waals surface area contributed by atoms with E-state index in [9.17, 15) is 9.59 Å². The normalized spacial score (nSPS) is 23.6. The highest BCUT2D eigenvalue weighted by molar-refractivity contribution is 6.35. The standard InChI is InChI=1S/C20H29N3O4/c1-19(2)9-13(21)10-20(3,4)23(19)18(25)17(24)22-11-14-12-26-15-7-5-6-8-16(15)27-14/h5-8,13-14H,9-12,21H2,1-4H3,(H,22,24). The number of hydrogen-bond acceptors (Lipinski definition) is 5. The summed E-state index contributed by atoms with van der Waals surface area (Å²) < 4.78 is 11.5. The smallest absolute Gasteiger partial charge is 0.312 e. The number of nitrogens with zero attached hydrogens (tertiary/aromatic N) is 1. The number of para-hydroxylation sites is 2. The molecule has 2 heterocycles. The maximum atomic E-state index is 12.9. The van der Waals surface area contributed by atoms with E-state index in [4.69, 9.17) is 15.2 Å². The van der Waals surface area contributed by atoms with Crippen LogP contribution in [-0.2, 0) is 9.59 Å². The summed E-state index contributed by atoms with van der Waals surface area (Å²) >= 11 is 0. The molecule has 148 valence electrons. The molecular formula is C20H29N3O4. The van der Waals surface area contributed by atoms with Crippen molar-refractivity contribution in [3.63, 3.8) is 0 Å². The van der Waals surface area contributed by atoms with Gasteiger partial charge >= 0.3 is 11.8 Å². The number of carbonyl (C=O) groups is 2. The zero-order valence-corrected chi connectivity index (χ0v) is 16.5. The largest absolute Gasteiger partial charge is 0.486 e. The van der Waals surface area contributed by atoms with Gasteiger partial charge in [0.25, 0.3) is 0 Å². The molecule has 3 N–H and O–H groups in total. The topological polar surface area (TPSA) is 93.9 Å². The maximum absolute atomic E-state index is 12.9. The van der Waals surface area contributed by atoms with Crippen LogP contribution in [0.1, 0.15) is 40.5 Å². The van der Waals surface area contributed by atoms with Gasteiger partial charge in [-0.25, -0.2) is 0 Å². The number of ether oxygens (including phenoxy) is 2. The number of benzene rings is 1. The van der Waals surface area contributed by atoms with Crippen molar-refractivity contribution in [2.24, 2.45) is 5.73 Å². The number of amides is 2. The molecule has 7 nitrogen and oxygen atoms in total. The van der Waals surface area contributed by atoms with Gasteiger partial charge in [-0.2, -0.15) is 0 Å². The number of piperidine rings is 1. The Morgan fingerprint density at radius 2 is 1.74 bits per heavy atom. The van der Waals surface area contributed by atoms with Gasteiger partial charge in [0.15, 0.2) is 11.5 Å². The van der Waals surface area contributed by atoms with Gasteiger partial charge < -0.3 is 25.4 Å². The van der Waals surface area contributed by atoms with Gasteiger partial charge in [-0.05, 0) is 52.7 Å². The van der Waals surface area contributed by atoms with Crippen molar-refractivity contribution < 1.29 is 19.1 Å². The summed E-state index contributed by atoms with van der Waals surface area (Å²) in [6.07, 6.45) is 0.977. The van der Waals surface area contributed by atoms with Crippen LogP contribution in [0.4, 0.5) is 0 Å². The summed E-state index contributed by atoms with van der Waals surface area (Å²) in [5, 5.41) is 2.70. The predicted octanol–water partition coefficient (Wildman–Crippen LogP) is 1.45. The lowest BCUT2D eigenvalue weighted by molar-refractivity contribution is -0.159. The molecule has 2 aliphatic rings. The van der Waals surface area contributed by atoms with Crippen LogP contribution in [0.5, 0.6) is 11.5 Å². The predicted molar refractivity (Wildman–Crippen MR) is 102 cm³/mol. The second kappa shape index (κ2) is 7.03. The van der Waals surface area contributed by atoms with Crippen LogP contribution in [-0.4, -0.2) is 53.1 Å². The van der Waals surface area contributed by atoms with Crippen LogP contribution in [0.25, 0.3) is 0 Å². The van der Waals surface area contributed by atoms with E-state index in [1.807, 2.05) is 52.0 Å². The lowest BCUT2D eigenvalue weighted by atomic mass is 9.77. The Morgan fingerprint density at radius 3 is 2.37 bits per heavy atom. The first-order chi connectivity index (χ1) is 12.6. The van der Waals surface area contributed by atoms with Gasteiger partial charge in [0.1, 0.15) is 12.7 Å². The Hall–Kier alpha value is -2.28. The molecule has 1 unspecified atom stereocenters. The van der Waals surface area contributed by atoms with Crippen molar-refractivity contribution in [2.45, 2.75) is 63.8 Å². The molecule has 1 aromatic carbocycles. The highest BCUT2D eigenvalue weighted by Crippen LogP contribution is 2.37. The third-order valence-corrected chi connectivity index (χ3v) is 5.19. The fraction of sp³-hybridized carbons (Fsp3) is 0.600. The van der Waals surface area contributed by atoms with E-state index >= 15 is 0 Å². The van der Waals surface area contributed by atoms with E-state index in [-0.39, 0.29) is 18.7 Å². The second-order valence-electron chi connectivity index (χ2n) is 8.64. The Bertz CT molecular complexity index is 714. The van der Waals surface area contributed by atoms with Crippen molar-refractivity contribution in [1.82, 2.24) is 10.2 Å². The minimum atomic E-state index is -0.630. The van der Waals surface area contributed by atoms with Gasteiger partial charge in [-0.15, -0.1) is 0 Å². The number of nitrogens with two attached hydrogens (primary N) is 1. The summed E-state index contributed by atoms with van der Waals surface area (Å²) in [6.45, 7) is 8.33. The molecule has 3 rings (SSSR count). The third kappa shape index (κ3) is 4.03. The van der Waals surface area contributed by atoms with Crippen LogP contribution in [0.3, 0.4) is 0 Å². The van der Waals surface area contributed by atoms with Gasteiger partial charge in [-0.1, -0.05) is 12.1 Å². The van der Waals surface area contributed by atoms with Crippen LogP contribution in [0.15, 0.2) is 24.3 Å². The molecule has 2 amide bonds. The molecule has 2 aliphatic heterocycles. The summed E-state index contributed by atoms with van der Waals surface area (Å²) in [7, 11) is 0. The van der Waals surface area contributed by atoms with Crippen molar-refractivity contribution >= 4 is 11.8 Å². The van der Waals surface area contributed by atoms with Gasteiger partial charge in [-0.3, -0.25) is 9.59 Å². The highest BCUT2D eigenvalue weighted by Gasteiger charge is 2.48. The average molecular weight is 375 g/mol. The van der Waals surface area contributed by atoms with Gasteiger partial charge in [0.2, 0.25) is 0 Å². The van der Waals surface area contributed by atoms with Crippen molar-refractivity contribution in [3.8, 4) is 11.5 Å². The van der Waals surface area contributed by atoms with Crippen LogP contribution < -0.4 is 20.5 Å². The number of carbonyl (C=O) groups excluding carboxylic acids is 2. The summed E-state index contributed by atoms with van der Waals surface area (Å²) in [4.78, 5) is 27.1. The van der Waals surface area contributed by atoms with E-state index in [1.165, 1.54) is 0 Å². The SMILES string of the molecule is CC1(C)CC(N)CC(C)(C)N1C(=O)C(=O)NCC1COc2ccccc2O1. The van der Waals surface area contributed by atoms with Crippen LogP contribution in [0.2, 0.25) is 0 Å². The zero-order chi connectivity index (χ0) is 19.8. The van der Waals surface area contributed by atoms with Crippen molar-refractivity contribution in [3.05, 3.63) is 24.3 Å². The molecule has 0 saturated carbocycles. The van der Waals surface area contributed by atoms with E-state index in [2.05, 4.69) is 5.32 Å². The maximum Gasteiger partial charge on any atom is 0.312 e. The van der Waals surface area contributed by atoms with E-state index < -0.39 is 22.9 Å². The van der Waals surface area contributed by atoms with Gasteiger partial charge in [0.05, 0.1) is 6.54 Å². The summed E-state index contributed by atoms with van der Waals surface area (Å²) in [5.74, 6) is 0.161. The second-order valence-corrected chi connectivity index (χ2v) is 8.64. The van der Waals surface area contributed by atoms with Crippen LogP contribution >= 0.6 is 0 Å². The zero-order valence-electron chi connectivity index (χ0n) is 16.5. The van der Waals surface area contributed by atoms with Crippen LogP contribution in [0, 0.1) is 0 Å². The Balaban J connectivity index is 1.62. The molecule has 1 atom stereocenters. The van der Waals surface area contributed by atoms with Gasteiger partial charge in [0, 0.05) is 17.1 Å². The summed E-state index contributed by atoms with van der Waals surface area (Å²) in [5.41, 5.74) is 5.18. The first-order valence-electron chi connectivity index (χ1n) is 9.37. The van der Waals surface area contributed by atoms with E-state index in [1.54, 1.807) is 4.90 Å². The Morgan fingerprint density at radius 1 is 1.15 bits per heavy atom. The number of likely N-dealkylation sites (tertiary alicyclic amines) is 1. The molecule has 1 aromatic rings. The monoisotopic (exact) mass is 375 g/mol. The fourth-order valence-corrected chi connectivity index (χ4v) is 4.45. The quantitative estimate of drug-likeness (QED) is 0.763. The first-order valence-corrected chi connectivity index (χ1v) is 9.37. The molecule has 7 heteroatoms. The first kappa shape index (κ1) is 19.5. The Labute approximate surface area is 160 Å². The minimum absolute atomic E-state index is 0.00923. The average Bonchev–Trinajstić information content (AvgIpc) is 2.56. The Kier molecular flexibility index (Phi) is 5.08. The molecule has 0 radical (unpaired) electrons. The van der Waals surface area contributed by atoms with Crippen molar-refractivity contribution in [2.75, 3.05) is 13.2 Å². The van der Waals surface area contributed by atoms with E-state index in [0.29, 0.717) is 30.9 Å². The van der Waals surface area contributed by atoms with E-state index in [0.717, 1.165) is 0 Å². The number of fused-ring (bicyclic) bond motifs is 1. The number of nitrogens with one attached hydrogen (secondary N) is 1. The molecule has 0 aliphatic carbocycles. The molecule has 27 heavy (non-hydrogen) atoms. The molecule has 0 spiro atoms. The summed E-state index contributed by atoms with van der Waals surface area (Å²) in [6, 6.07) is 7.39. The lowest BCUT2D eigenvalue weighted by Gasteiger charge is -2.54. The lowest BCUT2D eigenvalue weighted by Crippen LogP contribution is -2.67. The molecule has 1 fully saturated rings. The fourth-order valence-electron chi connectivity index (χ4n) is 4.45. The molecule has 1 saturated heterocycles. The van der Waals surface area contributed by atoms with Crippen molar-refractivity contribution in [1.29, 1.82) is 0 Å². The number of hydrogen-bond donors (Lipinski definition) is 2. The number of rotatable bonds is 2. The molecule has 0 bridgehead atoms. The molecule has 0 aromatic heterocycles. The minimum Gasteiger partial charge on any atom is -0.486 e.